The van der Waals surface area contributed by atoms with Crippen LogP contribution in [0.4, 0.5) is 4.79 Å². The lowest BCUT2D eigenvalue weighted by Gasteiger charge is -2.37. The first-order chi connectivity index (χ1) is 22.8. The van der Waals surface area contributed by atoms with Crippen molar-refractivity contribution in [1.82, 2.24) is 9.80 Å². The zero-order valence-electron chi connectivity index (χ0n) is 29.9. The number of carbonyl (C=O) groups is 1. The second-order valence-electron chi connectivity index (χ2n) is 12.6. The van der Waals surface area contributed by atoms with E-state index in [0.29, 0.717) is 19.1 Å². The number of benzene rings is 3. The van der Waals surface area contributed by atoms with Gasteiger partial charge in [0.15, 0.2) is 0 Å². The second kappa shape index (κ2) is 23.4. The minimum Gasteiger partial charge on any atom is -0.445 e. The minimum absolute atomic E-state index is 0.228. The van der Waals surface area contributed by atoms with Crippen molar-refractivity contribution >= 4 is 18.0 Å². The van der Waals surface area contributed by atoms with E-state index in [0.717, 1.165) is 43.1 Å². The normalized spacial score (nSPS) is 14.4. The average molecular weight is 638 g/mol. The maximum Gasteiger partial charge on any atom is 0.410 e. The Bertz CT molecular complexity index is 1270. The van der Waals surface area contributed by atoms with Gasteiger partial charge in [-0.1, -0.05) is 143 Å². The van der Waals surface area contributed by atoms with E-state index in [9.17, 15) is 4.79 Å². The summed E-state index contributed by atoms with van der Waals surface area (Å²) < 4.78 is 5.58. The Balaban J connectivity index is 0.000000315. The number of aliphatic imine (C=N–C) groups is 1. The van der Waals surface area contributed by atoms with Crippen LogP contribution in [0.1, 0.15) is 77.0 Å². The van der Waals surface area contributed by atoms with E-state index in [1.165, 1.54) is 30.5 Å². The first kappa shape index (κ1) is 39.2. The van der Waals surface area contributed by atoms with Crippen molar-refractivity contribution in [2.75, 3.05) is 26.2 Å². The average Bonchev–Trinajstić information content (AvgIpc) is 3.11. The molecular formula is C42H59N3O2. The summed E-state index contributed by atoms with van der Waals surface area (Å²) in [4.78, 5) is 21.5. The number of likely N-dealkylation sites (tertiary alicyclic amines) is 1. The molecule has 1 saturated heterocycles. The van der Waals surface area contributed by atoms with Gasteiger partial charge in [0.2, 0.25) is 0 Å². The number of hydrogen-bond donors (Lipinski definition) is 0. The van der Waals surface area contributed by atoms with Gasteiger partial charge in [0.1, 0.15) is 6.61 Å². The summed E-state index contributed by atoms with van der Waals surface area (Å²) in [6.07, 6.45) is 10.1. The monoisotopic (exact) mass is 637 g/mol. The molecular weight excluding hydrogens is 578 g/mol. The molecule has 3 aromatic carbocycles. The molecule has 1 unspecified atom stereocenters. The van der Waals surface area contributed by atoms with Crippen molar-refractivity contribution in [3.05, 3.63) is 126 Å². The van der Waals surface area contributed by atoms with E-state index in [-0.39, 0.29) is 12.1 Å². The number of allylic oxidation sites excluding steroid dienone is 1. The number of piperidine rings is 1. The Morgan fingerprint density at radius 2 is 1.53 bits per heavy atom. The third kappa shape index (κ3) is 16.4. The van der Waals surface area contributed by atoms with Gasteiger partial charge < -0.3 is 14.5 Å². The molecule has 0 radical (unpaired) electrons. The van der Waals surface area contributed by atoms with Crippen molar-refractivity contribution < 1.29 is 9.53 Å². The lowest BCUT2D eigenvalue weighted by Crippen LogP contribution is -2.47. The predicted molar refractivity (Wildman–Crippen MR) is 202 cm³/mol. The summed E-state index contributed by atoms with van der Waals surface area (Å²) in [6.45, 7) is 20.9. The van der Waals surface area contributed by atoms with Crippen LogP contribution < -0.4 is 0 Å². The minimum atomic E-state index is -0.228. The fourth-order valence-electron chi connectivity index (χ4n) is 5.02. The Morgan fingerprint density at radius 3 is 2.04 bits per heavy atom. The van der Waals surface area contributed by atoms with Crippen LogP contribution in [0.2, 0.25) is 0 Å². The van der Waals surface area contributed by atoms with Crippen LogP contribution in [0.25, 0.3) is 5.70 Å². The largest absolute Gasteiger partial charge is 0.445 e. The number of amides is 1. The van der Waals surface area contributed by atoms with Crippen LogP contribution in [0.15, 0.2) is 115 Å². The maximum atomic E-state index is 12.7. The van der Waals surface area contributed by atoms with Crippen LogP contribution >= 0.6 is 0 Å². The highest BCUT2D eigenvalue weighted by molar-refractivity contribution is 5.74. The van der Waals surface area contributed by atoms with Crippen molar-refractivity contribution in [1.29, 1.82) is 0 Å². The first-order valence-electron chi connectivity index (χ1n) is 17.3. The van der Waals surface area contributed by atoms with Crippen LogP contribution in [0, 0.1) is 18.8 Å². The van der Waals surface area contributed by atoms with Gasteiger partial charge in [-0.3, -0.25) is 4.99 Å². The molecule has 0 aliphatic carbocycles. The van der Waals surface area contributed by atoms with E-state index < -0.39 is 0 Å². The van der Waals surface area contributed by atoms with Gasteiger partial charge in [-0.15, -0.1) is 6.58 Å². The summed E-state index contributed by atoms with van der Waals surface area (Å²) >= 11 is 0. The van der Waals surface area contributed by atoms with Gasteiger partial charge in [0.05, 0.1) is 5.70 Å². The maximum absolute atomic E-state index is 12.7. The van der Waals surface area contributed by atoms with E-state index in [1.54, 1.807) is 6.08 Å². The summed E-state index contributed by atoms with van der Waals surface area (Å²) in [7, 11) is 0. The predicted octanol–water partition coefficient (Wildman–Crippen LogP) is 10.5. The lowest BCUT2D eigenvalue weighted by molar-refractivity contribution is 0.0652. The molecule has 5 heteroatoms. The molecule has 0 saturated carbocycles. The molecule has 47 heavy (non-hydrogen) atoms. The van der Waals surface area contributed by atoms with Crippen LogP contribution in [-0.4, -0.2) is 54.3 Å². The van der Waals surface area contributed by atoms with E-state index in [1.807, 2.05) is 103 Å². The molecule has 3 aromatic rings. The molecule has 0 N–H and O–H groups in total. The third-order valence-corrected chi connectivity index (χ3v) is 8.20. The Morgan fingerprint density at radius 1 is 0.957 bits per heavy atom. The Kier molecular flexibility index (Phi) is 19.5. The highest BCUT2D eigenvalue weighted by Crippen LogP contribution is 2.20. The summed E-state index contributed by atoms with van der Waals surface area (Å²) in [5, 5.41) is 0. The Hall–Kier alpha value is -3.96. The molecule has 5 nitrogen and oxygen atoms in total. The molecule has 1 atom stereocenters. The first-order valence-corrected chi connectivity index (χ1v) is 17.3. The van der Waals surface area contributed by atoms with Gasteiger partial charge in [-0.25, -0.2) is 4.79 Å². The van der Waals surface area contributed by atoms with Crippen LogP contribution in [0.5, 0.6) is 0 Å². The molecule has 0 bridgehead atoms. The number of carbonyl (C=O) groups excluding carboxylic acids is 1. The van der Waals surface area contributed by atoms with E-state index in [4.69, 9.17) is 4.74 Å². The summed E-state index contributed by atoms with van der Waals surface area (Å²) in [6, 6.07) is 30.6. The number of ether oxygens (including phenoxy) is 1. The number of aryl methyl sites for hydroxylation is 1. The second-order valence-corrected chi connectivity index (χ2v) is 12.6. The highest BCUT2D eigenvalue weighted by Gasteiger charge is 2.28. The SMILES string of the molecule is C/C=C(\N=CC(C)C)c1ccccc1.C=CCN(C(=O)OCc1ccc(C)cc1)C1CCN(CCC(C)CC)CC1.c1ccccc1. The zero-order valence-corrected chi connectivity index (χ0v) is 29.9. The van der Waals surface area contributed by atoms with Gasteiger partial charge in [0.25, 0.3) is 0 Å². The van der Waals surface area contributed by atoms with Gasteiger partial charge in [-0.05, 0) is 62.6 Å². The number of rotatable bonds is 12. The van der Waals surface area contributed by atoms with Crippen molar-refractivity contribution in [2.45, 2.75) is 79.9 Å². The fraction of sp³-hybridized carbons (Fsp3) is 0.429. The molecule has 4 rings (SSSR count). The molecule has 1 heterocycles. The highest BCUT2D eigenvalue weighted by atomic mass is 16.6. The molecule has 1 fully saturated rings. The standard InChI is InChI=1S/C23H36N2O2.C13H17N.C6H6/c1-5-14-25(23(26)27-18-21-9-7-20(4)8-10-21)22-12-16-24(17-13-22)15-11-19(3)6-2;1-4-13(14-10-11(2)3)12-8-6-5-7-9-12;1-2-4-6-5-3-1/h5,7-10,19,22H,1,6,11-18H2,2-4H3;4-11H,1-3H3;1-6H/b;13-4-,14-10?;. The summed E-state index contributed by atoms with van der Waals surface area (Å²) in [5.41, 5.74) is 4.44. The zero-order chi connectivity index (χ0) is 34.3. The summed E-state index contributed by atoms with van der Waals surface area (Å²) in [5.74, 6) is 1.28. The molecule has 1 aliphatic heterocycles. The molecule has 0 aromatic heterocycles. The van der Waals surface area contributed by atoms with E-state index >= 15 is 0 Å². The lowest BCUT2D eigenvalue weighted by atomic mass is 10.0. The smallest absolute Gasteiger partial charge is 0.410 e. The van der Waals surface area contributed by atoms with Crippen molar-refractivity contribution in [2.24, 2.45) is 16.8 Å². The number of hydrogen-bond acceptors (Lipinski definition) is 4. The molecule has 0 spiro atoms. The molecule has 254 valence electrons. The van der Waals surface area contributed by atoms with Crippen molar-refractivity contribution in [3.63, 3.8) is 0 Å². The van der Waals surface area contributed by atoms with Gasteiger partial charge in [-0.2, -0.15) is 0 Å². The van der Waals surface area contributed by atoms with Gasteiger partial charge in [0, 0.05) is 31.9 Å². The number of nitrogens with zero attached hydrogens (tertiary/aromatic N) is 3. The van der Waals surface area contributed by atoms with Gasteiger partial charge >= 0.3 is 6.09 Å². The molecule has 1 amide bonds. The Labute approximate surface area is 286 Å². The quantitative estimate of drug-likeness (QED) is 0.147. The fourth-order valence-corrected chi connectivity index (χ4v) is 5.02. The van der Waals surface area contributed by atoms with Crippen LogP contribution in [0.3, 0.4) is 0 Å². The van der Waals surface area contributed by atoms with Crippen molar-refractivity contribution in [3.8, 4) is 0 Å². The van der Waals surface area contributed by atoms with E-state index in [2.05, 4.69) is 63.2 Å². The van der Waals surface area contributed by atoms with Crippen LogP contribution in [-0.2, 0) is 11.3 Å². The third-order valence-electron chi connectivity index (χ3n) is 8.20. The molecule has 1 aliphatic rings. The topological polar surface area (TPSA) is 45.1 Å².